The predicted octanol–water partition coefficient (Wildman–Crippen LogP) is 5.49. The molecule has 1 N–H and O–H groups in total. The molecule has 0 bridgehead atoms. The van der Waals surface area contributed by atoms with E-state index in [-0.39, 0.29) is 22.5 Å². The number of nitrogens with zero attached hydrogens (tertiary/aromatic N) is 4. The van der Waals surface area contributed by atoms with E-state index in [0.29, 0.717) is 5.16 Å². The molecule has 11 heteroatoms. The first-order chi connectivity index (χ1) is 14.6. The maximum Gasteiger partial charge on any atom is 0.416 e. The zero-order chi connectivity index (χ0) is 23.2. The number of carbonyl (C=O) groups is 1. The highest BCUT2D eigenvalue weighted by atomic mass is 35.5. The Balaban J connectivity index is 2.14. The second kappa shape index (κ2) is 11.2. The Bertz CT molecular complexity index is 888. The second-order valence-electron chi connectivity index (χ2n) is 7.26. The van der Waals surface area contributed by atoms with Crippen molar-refractivity contribution < 1.29 is 18.0 Å². The first-order valence-corrected chi connectivity index (χ1v) is 11.3. The maximum absolute atomic E-state index is 12.9. The number of alkyl halides is 3. The molecule has 1 heterocycles. The van der Waals surface area contributed by atoms with E-state index in [9.17, 15) is 18.0 Å². The molecule has 0 saturated heterocycles. The Morgan fingerprint density at radius 3 is 2.58 bits per heavy atom. The van der Waals surface area contributed by atoms with Crippen molar-refractivity contribution in [3.05, 3.63) is 34.6 Å². The number of benzene rings is 1. The molecule has 1 aromatic heterocycles. The van der Waals surface area contributed by atoms with Crippen molar-refractivity contribution in [2.24, 2.45) is 0 Å². The molecule has 172 valence electrons. The van der Waals surface area contributed by atoms with Crippen LogP contribution in [0.1, 0.15) is 50.5 Å². The van der Waals surface area contributed by atoms with E-state index in [2.05, 4.69) is 34.3 Å². The largest absolute Gasteiger partial charge is 0.416 e. The van der Waals surface area contributed by atoms with E-state index in [0.717, 1.165) is 49.8 Å². The number of hydrogen-bond acceptors (Lipinski definition) is 5. The molecule has 0 spiro atoms. The van der Waals surface area contributed by atoms with Gasteiger partial charge in [0.15, 0.2) is 11.0 Å². The number of halogens is 4. The summed E-state index contributed by atoms with van der Waals surface area (Å²) in [5.74, 6) is 0.331. The van der Waals surface area contributed by atoms with Gasteiger partial charge in [0.25, 0.3) is 0 Å². The van der Waals surface area contributed by atoms with Crippen LogP contribution in [0.25, 0.3) is 0 Å². The fourth-order valence-electron chi connectivity index (χ4n) is 3.07. The van der Waals surface area contributed by atoms with Crippen LogP contribution in [0.4, 0.5) is 18.9 Å². The molecule has 1 amide bonds. The second-order valence-corrected chi connectivity index (χ2v) is 8.61. The molecule has 0 saturated carbocycles. The molecular formula is C20H27ClF3N5OS. The predicted molar refractivity (Wildman–Crippen MR) is 117 cm³/mol. The minimum absolute atomic E-state index is 0.0322. The molecule has 1 aromatic carbocycles. The van der Waals surface area contributed by atoms with Crippen molar-refractivity contribution in [2.45, 2.75) is 57.0 Å². The molecule has 0 aliphatic carbocycles. The highest BCUT2D eigenvalue weighted by Gasteiger charge is 2.31. The van der Waals surface area contributed by atoms with Crippen molar-refractivity contribution in [1.82, 2.24) is 19.7 Å². The van der Waals surface area contributed by atoms with E-state index in [4.69, 9.17) is 11.6 Å². The quantitative estimate of drug-likeness (QED) is 0.458. The lowest BCUT2D eigenvalue weighted by Gasteiger charge is -2.23. The van der Waals surface area contributed by atoms with Gasteiger partial charge in [0, 0.05) is 6.54 Å². The Hall–Kier alpha value is -1.78. The van der Waals surface area contributed by atoms with E-state index in [1.165, 1.54) is 11.8 Å². The zero-order valence-corrected chi connectivity index (χ0v) is 19.5. The summed E-state index contributed by atoms with van der Waals surface area (Å²) in [6, 6.07) is 2.92. The molecule has 0 aliphatic rings. The summed E-state index contributed by atoms with van der Waals surface area (Å²) < 4.78 is 40.8. The lowest BCUT2D eigenvalue weighted by molar-refractivity contribution is -0.137. The third-order valence-electron chi connectivity index (χ3n) is 4.69. The number of unbranched alkanes of at least 4 members (excludes halogenated alkanes) is 1. The molecule has 0 radical (unpaired) electrons. The summed E-state index contributed by atoms with van der Waals surface area (Å²) in [7, 11) is 3.96. The molecule has 2 rings (SSSR count). The summed E-state index contributed by atoms with van der Waals surface area (Å²) in [6.07, 6.45) is -1.73. The number of anilines is 1. The van der Waals surface area contributed by atoms with Crippen LogP contribution in [0.3, 0.4) is 0 Å². The fraction of sp³-hybridized carbons (Fsp3) is 0.550. The average Bonchev–Trinajstić information content (AvgIpc) is 3.08. The number of hydrogen-bond donors (Lipinski definition) is 1. The molecule has 0 aliphatic heterocycles. The van der Waals surface area contributed by atoms with E-state index < -0.39 is 17.6 Å². The summed E-state index contributed by atoms with van der Waals surface area (Å²) in [5.41, 5.74) is -0.952. The van der Waals surface area contributed by atoms with Gasteiger partial charge in [0.2, 0.25) is 5.91 Å². The van der Waals surface area contributed by atoms with Crippen molar-refractivity contribution in [3.8, 4) is 0 Å². The van der Waals surface area contributed by atoms with Gasteiger partial charge in [-0.1, -0.05) is 43.6 Å². The first kappa shape index (κ1) is 25.5. The molecular weight excluding hydrogens is 451 g/mol. The number of amides is 1. The van der Waals surface area contributed by atoms with Crippen molar-refractivity contribution in [1.29, 1.82) is 0 Å². The van der Waals surface area contributed by atoms with Gasteiger partial charge in [-0.25, -0.2) is 0 Å². The SMILES string of the molecule is CCCCn1c(SCC(=O)Nc2cc(C(F)(F)F)ccc2Cl)nnc1[C@H](CC)N(C)C. The minimum Gasteiger partial charge on any atom is -0.324 e. The van der Waals surface area contributed by atoms with Gasteiger partial charge >= 0.3 is 6.18 Å². The highest BCUT2D eigenvalue weighted by Crippen LogP contribution is 2.34. The average molecular weight is 478 g/mol. The van der Waals surface area contributed by atoms with Gasteiger partial charge in [-0.05, 0) is 45.1 Å². The zero-order valence-electron chi connectivity index (χ0n) is 18.0. The molecule has 0 unspecified atom stereocenters. The monoisotopic (exact) mass is 477 g/mol. The fourth-order valence-corrected chi connectivity index (χ4v) is 4.01. The van der Waals surface area contributed by atoms with Gasteiger partial charge in [0.1, 0.15) is 0 Å². The highest BCUT2D eigenvalue weighted by molar-refractivity contribution is 7.99. The van der Waals surface area contributed by atoms with Gasteiger partial charge < -0.3 is 9.88 Å². The van der Waals surface area contributed by atoms with Crippen molar-refractivity contribution >= 4 is 35.0 Å². The van der Waals surface area contributed by atoms with Gasteiger partial charge in [-0.15, -0.1) is 10.2 Å². The molecule has 0 fully saturated rings. The summed E-state index contributed by atoms with van der Waals surface area (Å²) in [4.78, 5) is 14.5. The van der Waals surface area contributed by atoms with Crippen molar-refractivity contribution in [2.75, 3.05) is 25.2 Å². The minimum atomic E-state index is -4.52. The van der Waals surface area contributed by atoms with Crippen molar-refractivity contribution in [3.63, 3.8) is 0 Å². The third kappa shape index (κ3) is 6.85. The van der Waals surface area contributed by atoms with Crippen LogP contribution in [0.2, 0.25) is 5.02 Å². The Morgan fingerprint density at radius 2 is 2.00 bits per heavy atom. The third-order valence-corrected chi connectivity index (χ3v) is 5.99. The van der Waals surface area contributed by atoms with Crippen LogP contribution in [0.15, 0.2) is 23.4 Å². The number of aromatic nitrogens is 3. The van der Waals surface area contributed by atoms with E-state index in [1.807, 2.05) is 18.7 Å². The van der Waals surface area contributed by atoms with Crippen LogP contribution in [0.5, 0.6) is 0 Å². The van der Waals surface area contributed by atoms with E-state index >= 15 is 0 Å². The van der Waals surface area contributed by atoms with Gasteiger partial charge in [-0.3, -0.25) is 9.69 Å². The molecule has 6 nitrogen and oxygen atoms in total. The number of nitrogens with one attached hydrogen (secondary N) is 1. The smallest absolute Gasteiger partial charge is 0.324 e. The van der Waals surface area contributed by atoms with Crippen LogP contribution in [-0.4, -0.2) is 45.4 Å². The normalized spacial score (nSPS) is 12.9. The van der Waals surface area contributed by atoms with Crippen LogP contribution in [-0.2, 0) is 17.5 Å². The van der Waals surface area contributed by atoms with Crippen LogP contribution in [0, 0.1) is 0 Å². The topological polar surface area (TPSA) is 63.1 Å². The number of rotatable bonds is 10. The van der Waals surface area contributed by atoms with Crippen LogP contribution >= 0.6 is 23.4 Å². The van der Waals surface area contributed by atoms with Gasteiger partial charge in [0.05, 0.1) is 28.1 Å². The lowest BCUT2D eigenvalue weighted by atomic mass is 10.2. The van der Waals surface area contributed by atoms with Crippen LogP contribution < -0.4 is 5.32 Å². The van der Waals surface area contributed by atoms with E-state index in [1.54, 1.807) is 0 Å². The van der Waals surface area contributed by atoms with Gasteiger partial charge in [-0.2, -0.15) is 13.2 Å². The summed E-state index contributed by atoms with van der Waals surface area (Å²) in [5, 5.41) is 11.7. The Labute approximate surface area is 189 Å². The Kier molecular flexibility index (Phi) is 9.20. The number of carbonyl (C=O) groups excluding carboxylic acids is 1. The first-order valence-electron chi connectivity index (χ1n) is 9.97. The number of thioether (sulfide) groups is 1. The standard InChI is InChI=1S/C20H27ClF3N5OS/c1-5-7-10-29-18(16(6-2)28(3)4)26-27-19(29)31-12-17(30)25-15-11-13(20(22,23)24)8-9-14(15)21/h8-9,11,16H,5-7,10,12H2,1-4H3,(H,25,30)/t16-/m0/s1. The summed E-state index contributed by atoms with van der Waals surface area (Å²) in [6.45, 7) is 4.89. The molecule has 31 heavy (non-hydrogen) atoms. The molecule has 1 atom stereocenters. The lowest BCUT2D eigenvalue weighted by Crippen LogP contribution is -2.23. The molecule has 2 aromatic rings. The maximum atomic E-state index is 12.9. The summed E-state index contributed by atoms with van der Waals surface area (Å²) >= 11 is 7.15. The Morgan fingerprint density at radius 1 is 1.29 bits per heavy atom.